The molecular formula is C17H15ClF3N3O. The van der Waals surface area contributed by atoms with Crippen molar-refractivity contribution >= 4 is 22.5 Å². The number of hydrogen-bond acceptors (Lipinski definition) is 3. The second kappa shape index (κ2) is 6.67. The summed E-state index contributed by atoms with van der Waals surface area (Å²) in [6, 6.07) is 7.78. The van der Waals surface area contributed by atoms with Crippen LogP contribution >= 0.6 is 11.6 Å². The largest absolute Gasteiger partial charge is 0.417 e. The van der Waals surface area contributed by atoms with E-state index < -0.39 is 17.8 Å². The summed E-state index contributed by atoms with van der Waals surface area (Å²) in [6.07, 6.45) is -1.59. The molecule has 0 spiro atoms. The maximum atomic E-state index is 12.8. The molecule has 0 radical (unpaired) electrons. The van der Waals surface area contributed by atoms with Crippen LogP contribution in [0.1, 0.15) is 11.1 Å². The highest BCUT2D eigenvalue weighted by molar-refractivity contribution is 6.32. The van der Waals surface area contributed by atoms with Crippen molar-refractivity contribution in [2.45, 2.75) is 18.6 Å². The Morgan fingerprint density at radius 3 is 2.64 bits per heavy atom. The highest BCUT2D eigenvalue weighted by atomic mass is 35.5. The predicted octanol–water partition coefficient (Wildman–Crippen LogP) is 3.56. The zero-order valence-corrected chi connectivity index (χ0v) is 13.7. The molecule has 2 aromatic heterocycles. The van der Waals surface area contributed by atoms with Gasteiger partial charge in [0.25, 0.3) is 0 Å². The van der Waals surface area contributed by atoms with Crippen LogP contribution in [0.15, 0.2) is 42.7 Å². The first-order valence-electron chi connectivity index (χ1n) is 7.49. The Morgan fingerprint density at radius 1 is 1.28 bits per heavy atom. The SMILES string of the molecule is NC(CO)Cc1cn(-c2ncc(C(F)(F)F)cc2Cl)c2ccccc12. The molecule has 0 bridgehead atoms. The number of alkyl halides is 3. The highest BCUT2D eigenvalue weighted by Gasteiger charge is 2.31. The molecule has 1 unspecified atom stereocenters. The number of halogens is 4. The summed E-state index contributed by atoms with van der Waals surface area (Å²) in [5.41, 5.74) is 6.52. The topological polar surface area (TPSA) is 64.1 Å². The molecule has 2 heterocycles. The van der Waals surface area contributed by atoms with E-state index in [-0.39, 0.29) is 17.4 Å². The Bertz CT molecular complexity index is 908. The molecule has 0 fully saturated rings. The number of aromatic nitrogens is 2. The molecule has 3 rings (SSSR count). The summed E-state index contributed by atoms with van der Waals surface area (Å²) in [5, 5.41) is 9.95. The summed E-state index contributed by atoms with van der Waals surface area (Å²) in [5.74, 6) is 0.203. The highest BCUT2D eigenvalue weighted by Crippen LogP contribution is 2.33. The minimum Gasteiger partial charge on any atom is -0.395 e. The van der Waals surface area contributed by atoms with Crippen LogP contribution in [-0.2, 0) is 12.6 Å². The first-order valence-corrected chi connectivity index (χ1v) is 7.87. The fourth-order valence-corrected chi connectivity index (χ4v) is 2.96. The van der Waals surface area contributed by atoms with E-state index in [1.165, 1.54) is 0 Å². The van der Waals surface area contributed by atoms with Crippen LogP contribution in [0.4, 0.5) is 13.2 Å². The van der Waals surface area contributed by atoms with E-state index in [4.69, 9.17) is 17.3 Å². The number of aliphatic hydroxyl groups is 1. The van der Waals surface area contributed by atoms with Crippen LogP contribution in [-0.4, -0.2) is 27.3 Å². The molecule has 8 heteroatoms. The summed E-state index contributed by atoms with van der Waals surface area (Å²) in [7, 11) is 0. The number of nitrogens with two attached hydrogens (primary N) is 1. The summed E-state index contributed by atoms with van der Waals surface area (Å²) < 4.78 is 40.0. The van der Waals surface area contributed by atoms with Gasteiger partial charge in [-0.2, -0.15) is 13.2 Å². The smallest absolute Gasteiger partial charge is 0.395 e. The van der Waals surface area contributed by atoms with Crippen molar-refractivity contribution < 1.29 is 18.3 Å². The molecule has 1 atom stereocenters. The lowest BCUT2D eigenvalue weighted by atomic mass is 10.1. The Labute approximate surface area is 146 Å². The van der Waals surface area contributed by atoms with Gasteiger partial charge in [-0.05, 0) is 24.1 Å². The van der Waals surface area contributed by atoms with Crippen molar-refractivity contribution in [3.05, 3.63) is 58.9 Å². The molecule has 3 N–H and O–H groups in total. The third kappa shape index (κ3) is 3.49. The van der Waals surface area contributed by atoms with E-state index in [9.17, 15) is 18.3 Å². The van der Waals surface area contributed by atoms with Crippen LogP contribution in [0.5, 0.6) is 0 Å². The molecule has 132 valence electrons. The second-order valence-corrected chi connectivity index (χ2v) is 6.12. The van der Waals surface area contributed by atoms with Crippen LogP contribution in [0.25, 0.3) is 16.7 Å². The molecule has 0 saturated carbocycles. The molecule has 4 nitrogen and oxygen atoms in total. The number of aliphatic hydroxyl groups excluding tert-OH is 1. The van der Waals surface area contributed by atoms with Gasteiger partial charge in [0.05, 0.1) is 22.7 Å². The zero-order valence-electron chi connectivity index (χ0n) is 13.0. The van der Waals surface area contributed by atoms with Gasteiger partial charge in [0.15, 0.2) is 5.82 Å². The van der Waals surface area contributed by atoms with Gasteiger partial charge < -0.3 is 10.8 Å². The van der Waals surface area contributed by atoms with Gasteiger partial charge in [-0.25, -0.2) is 4.98 Å². The maximum Gasteiger partial charge on any atom is 0.417 e. The molecule has 3 aromatic rings. The molecular weight excluding hydrogens is 355 g/mol. The van der Waals surface area contributed by atoms with E-state index in [1.54, 1.807) is 10.8 Å². The van der Waals surface area contributed by atoms with Crippen molar-refractivity contribution in [2.75, 3.05) is 6.61 Å². The van der Waals surface area contributed by atoms with Gasteiger partial charge in [-0.3, -0.25) is 4.57 Å². The molecule has 25 heavy (non-hydrogen) atoms. The fraction of sp³-hybridized carbons (Fsp3) is 0.235. The van der Waals surface area contributed by atoms with E-state index in [0.29, 0.717) is 6.42 Å². The molecule has 0 amide bonds. The first-order chi connectivity index (χ1) is 11.8. The van der Waals surface area contributed by atoms with Crippen molar-refractivity contribution in [1.29, 1.82) is 0 Å². The van der Waals surface area contributed by atoms with Crippen LogP contribution in [0, 0.1) is 0 Å². The maximum absolute atomic E-state index is 12.8. The third-order valence-corrected chi connectivity index (χ3v) is 4.17. The lowest BCUT2D eigenvalue weighted by Gasteiger charge is -2.10. The number of hydrogen-bond donors (Lipinski definition) is 2. The van der Waals surface area contributed by atoms with Crippen molar-refractivity contribution in [2.24, 2.45) is 5.73 Å². The van der Waals surface area contributed by atoms with Gasteiger partial charge in [-0.15, -0.1) is 0 Å². The molecule has 0 aliphatic heterocycles. The lowest BCUT2D eigenvalue weighted by Crippen LogP contribution is -2.26. The van der Waals surface area contributed by atoms with Crippen molar-refractivity contribution in [3.63, 3.8) is 0 Å². The van der Waals surface area contributed by atoms with E-state index in [0.717, 1.165) is 28.7 Å². The van der Waals surface area contributed by atoms with Gasteiger partial charge in [-0.1, -0.05) is 29.8 Å². The van der Waals surface area contributed by atoms with E-state index >= 15 is 0 Å². The summed E-state index contributed by atoms with van der Waals surface area (Å²) in [6.45, 7) is -0.168. The molecule has 0 aliphatic rings. The Hall–Kier alpha value is -2.09. The fourth-order valence-electron chi connectivity index (χ4n) is 2.70. The predicted molar refractivity (Wildman–Crippen MR) is 89.8 cm³/mol. The Balaban J connectivity index is 2.13. The summed E-state index contributed by atoms with van der Waals surface area (Å²) in [4.78, 5) is 3.91. The normalized spacial score (nSPS) is 13.4. The van der Waals surface area contributed by atoms with Gasteiger partial charge in [0.2, 0.25) is 0 Å². The molecule has 0 saturated heterocycles. The number of para-hydroxylation sites is 1. The first kappa shape index (κ1) is 17.7. The number of pyridine rings is 1. The van der Waals surface area contributed by atoms with Crippen molar-refractivity contribution in [3.8, 4) is 5.82 Å². The van der Waals surface area contributed by atoms with Gasteiger partial charge >= 0.3 is 6.18 Å². The van der Waals surface area contributed by atoms with Gasteiger partial charge in [0, 0.05) is 23.8 Å². The lowest BCUT2D eigenvalue weighted by molar-refractivity contribution is -0.137. The monoisotopic (exact) mass is 369 g/mol. The minimum absolute atomic E-state index is 0.103. The van der Waals surface area contributed by atoms with Crippen LogP contribution in [0.2, 0.25) is 5.02 Å². The number of rotatable bonds is 4. The van der Waals surface area contributed by atoms with Crippen LogP contribution in [0.3, 0.4) is 0 Å². The number of fused-ring (bicyclic) bond motifs is 1. The van der Waals surface area contributed by atoms with Crippen LogP contribution < -0.4 is 5.73 Å². The summed E-state index contributed by atoms with van der Waals surface area (Å²) >= 11 is 6.06. The quantitative estimate of drug-likeness (QED) is 0.739. The average molecular weight is 370 g/mol. The Kier molecular flexibility index (Phi) is 4.73. The van der Waals surface area contributed by atoms with E-state index in [1.807, 2.05) is 24.3 Å². The van der Waals surface area contributed by atoms with Crippen molar-refractivity contribution in [1.82, 2.24) is 9.55 Å². The molecule has 1 aromatic carbocycles. The molecule has 0 aliphatic carbocycles. The standard InChI is InChI=1S/C17H15ClF3N3O/c18-14-6-11(17(19,20)21)7-23-16(14)24-8-10(5-12(22)9-25)13-3-1-2-4-15(13)24/h1-4,6-8,12,25H,5,9,22H2. The zero-order chi connectivity index (χ0) is 18.2. The number of nitrogens with zero attached hydrogens (tertiary/aromatic N) is 2. The average Bonchev–Trinajstić information content (AvgIpc) is 2.92. The van der Waals surface area contributed by atoms with E-state index in [2.05, 4.69) is 4.98 Å². The minimum atomic E-state index is -4.51. The Morgan fingerprint density at radius 2 is 2.00 bits per heavy atom. The third-order valence-electron chi connectivity index (χ3n) is 3.89. The second-order valence-electron chi connectivity index (χ2n) is 5.72. The number of benzene rings is 1. The van der Waals surface area contributed by atoms with Gasteiger partial charge in [0.1, 0.15) is 0 Å².